The second-order valence-electron chi connectivity index (χ2n) is 19.2. The number of likely N-dealkylation sites (tertiary alicyclic amines) is 1. The number of hydrogen-bond donors (Lipinski definition) is 5. The van der Waals surface area contributed by atoms with Crippen molar-refractivity contribution in [1.29, 1.82) is 0 Å². The summed E-state index contributed by atoms with van der Waals surface area (Å²) in [6, 6.07) is 13.5. The lowest BCUT2D eigenvalue weighted by Gasteiger charge is -2.35. The van der Waals surface area contributed by atoms with Crippen molar-refractivity contribution < 1.29 is 57.5 Å². The van der Waals surface area contributed by atoms with E-state index in [2.05, 4.69) is 20.9 Å². The number of primary amides is 1. The van der Waals surface area contributed by atoms with Gasteiger partial charge in [0, 0.05) is 25.9 Å². The van der Waals surface area contributed by atoms with Gasteiger partial charge in [0.25, 0.3) is 0 Å². The third kappa shape index (κ3) is 20.5. The number of benzene rings is 2. The summed E-state index contributed by atoms with van der Waals surface area (Å²) in [7, 11) is 0. The fourth-order valence-electron chi connectivity index (χ4n) is 7.32. The molecule has 5 atom stereocenters. The molecule has 1 aromatic heterocycles. The molecule has 0 aliphatic carbocycles. The van der Waals surface area contributed by atoms with Gasteiger partial charge in [-0.15, -0.1) is 11.3 Å². The molecule has 18 nitrogen and oxygen atoms in total. The Morgan fingerprint density at radius 2 is 1.43 bits per heavy atom. The molecule has 2 aromatic carbocycles. The van der Waals surface area contributed by atoms with Crippen LogP contribution in [0.1, 0.15) is 90.1 Å². The van der Waals surface area contributed by atoms with Crippen molar-refractivity contribution in [3.05, 3.63) is 76.4 Å². The van der Waals surface area contributed by atoms with Crippen molar-refractivity contribution in [1.82, 2.24) is 25.8 Å². The summed E-state index contributed by atoms with van der Waals surface area (Å²) in [5.74, 6) is -1.77. The number of carbonyl (C=O) groups is 5. The number of thiazole rings is 1. The van der Waals surface area contributed by atoms with Crippen LogP contribution in [0.15, 0.2) is 54.0 Å². The number of aromatic nitrogens is 1. The van der Waals surface area contributed by atoms with Crippen LogP contribution >= 0.6 is 11.3 Å². The van der Waals surface area contributed by atoms with Crippen LogP contribution in [0.25, 0.3) is 10.4 Å². The number of aliphatic hydroxyl groups excluding tert-OH is 1. The number of hydrogen-bond acceptors (Lipinski definition) is 14. The first kappa shape index (κ1) is 56.6. The highest BCUT2D eigenvalue weighted by Crippen LogP contribution is 2.28. The van der Waals surface area contributed by atoms with E-state index in [9.17, 15) is 29.1 Å². The number of nitrogens with two attached hydrogens (primary N) is 1. The first-order valence-corrected chi connectivity index (χ1v) is 24.4. The van der Waals surface area contributed by atoms with Gasteiger partial charge in [-0.05, 0) is 75.1 Å². The minimum Gasteiger partial charge on any atom is -0.444 e. The Hall–Kier alpha value is -5.02. The topological polar surface area (TPSA) is 239 Å². The maximum Gasteiger partial charge on any atom is 0.407 e. The zero-order valence-corrected chi connectivity index (χ0v) is 42.3. The van der Waals surface area contributed by atoms with Gasteiger partial charge in [0.15, 0.2) is 0 Å². The van der Waals surface area contributed by atoms with Crippen molar-refractivity contribution in [2.45, 2.75) is 130 Å². The molecule has 1 saturated heterocycles. The minimum absolute atomic E-state index is 0.0212. The molecule has 2 heterocycles. The number of β-amino-alcohol motifs (C(OH)–C–C–N with tert-alkyl or cyclic N) is 1. The maximum absolute atomic E-state index is 13.9. The fraction of sp³-hybridized carbons (Fsp3) is 0.600. The molecule has 0 saturated carbocycles. The molecular formula is C50H74N6O12S. The Morgan fingerprint density at radius 3 is 2.01 bits per heavy atom. The Bertz CT molecular complexity index is 2070. The first-order chi connectivity index (χ1) is 32.7. The molecule has 69 heavy (non-hydrogen) atoms. The number of carbonyl (C=O) groups excluding carboxylic acids is 5. The highest BCUT2D eigenvalue weighted by atomic mass is 32.1. The first-order valence-electron chi connectivity index (χ1n) is 23.5. The number of alkyl carbamates (subject to hydrolysis) is 1. The summed E-state index contributed by atoms with van der Waals surface area (Å²) in [5, 5.41) is 19.0. The Kier molecular flexibility index (Phi) is 22.9. The quantitative estimate of drug-likeness (QED) is 0.0627. The average Bonchev–Trinajstić information content (AvgIpc) is 3.91. The predicted molar refractivity (Wildman–Crippen MR) is 261 cm³/mol. The van der Waals surface area contributed by atoms with Gasteiger partial charge in [-0.25, -0.2) is 9.78 Å². The molecule has 1 aliphatic heterocycles. The predicted octanol–water partition coefficient (Wildman–Crippen LogP) is 4.60. The minimum atomic E-state index is -0.970. The lowest BCUT2D eigenvalue weighted by atomic mass is 9.85. The molecule has 1 aliphatic rings. The van der Waals surface area contributed by atoms with Crippen molar-refractivity contribution in [2.24, 2.45) is 11.1 Å². The number of ether oxygens (including phenoxy) is 6. The lowest BCUT2D eigenvalue weighted by Crippen LogP contribution is -2.58. The highest BCUT2D eigenvalue weighted by Gasteiger charge is 2.44. The molecule has 6 N–H and O–H groups in total. The number of amides is 5. The molecule has 0 unspecified atom stereocenters. The SMILES string of the molecule is Cc1ncsc1-c1ccc(CNC(=O)[C@@H]2C[C@@H](O)CN2C(=O)[C@@H](NC(=O)COCCOCCOCCOCCc2ccc(CO[C@H](C)[C@H](CCC(N)=O)NC(=O)OC(C)(C)C)cc2)C(C)(C)C)cc1. The van der Waals surface area contributed by atoms with Gasteiger partial charge in [0.2, 0.25) is 23.6 Å². The zero-order valence-electron chi connectivity index (χ0n) is 41.5. The molecule has 4 rings (SSSR count). The van der Waals surface area contributed by atoms with Gasteiger partial charge in [0.1, 0.15) is 24.3 Å². The Balaban J connectivity index is 1.05. The van der Waals surface area contributed by atoms with E-state index >= 15 is 0 Å². The fourth-order valence-corrected chi connectivity index (χ4v) is 8.14. The Labute approximate surface area is 410 Å². The standard InChI is InChI=1S/C50H74N6O12S/c1-33-44(69-32-53-33)38-15-13-36(14-16-38)28-52-46(60)41-27-39(57)29-56(41)47(61)45(49(3,4)5)55-43(59)31-66-26-25-65-24-23-64-22-21-63-20-19-35-9-11-37(12-10-35)30-67-34(2)40(17-18-42(51)58)54-48(62)68-50(6,7)8/h9-16,32,34,39-41,45,57H,17-31H2,1-8H3,(H2,51,58)(H,52,60)(H,54,62)(H,55,59)/t34-,39-,40+,41+,45-/m1/s1. The molecule has 5 amide bonds. The summed E-state index contributed by atoms with van der Waals surface area (Å²) >= 11 is 1.57. The van der Waals surface area contributed by atoms with Crippen LogP contribution in [0.2, 0.25) is 0 Å². The third-order valence-corrected chi connectivity index (χ3v) is 12.1. The smallest absolute Gasteiger partial charge is 0.407 e. The van der Waals surface area contributed by atoms with Crippen LogP contribution in [-0.2, 0) is 67.2 Å². The van der Waals surface area contributed by atoms with Crippen LogP contribution in [-0.4, -0.2) is 140 Å². The third-order valence-electron chi connectivity index (χ3n) is 11.1. The maximum atomic E-state index is 13.9. The van der Waals surface area contributed by atoms with Crippen molar-refractivity contribution in [3.8, 4) is 10.4 Å². The number of aryl methyl sites for hydroxylation is 1. The lowest BCUT2D eigenvalue weighted by molar-refractivity contribution is -0.144. The molecule has 0 spiro atoms. The van der Waals surface area contributed by atoms with Crippen LogP contribution < -0.4 is 21.7 Å². The average molecular weight is 983 g/mol. The molecule has 3 aromatic rings. The van der Waals surface area contributed by atoms with Gasteiger partial charge in [-0.2, -0.15) is 0 Å². The van der Waals surface area contributed by atoms with Crippen molar-refractivity contribution in [2.75, 3.05) is 59.4 Å². The second-order valence-corrected chi connectivity index (χ2v) is 20.0. The van der Waals surface area contributed by atoms with Crippen LogP contribution in [0.3, 0.4) is 0 Å². The van der Waals surface area contributed by atoms with E-state index in [0.29, 0.717) is 46.1 Å². The normalized spacial score (nSPS) is 16.4. The Morgan fingerprint density at radius 1 is 0.841 bits per heavy atom. The van der Waals surface area contributed by atoms with Crippen LogP contribution in [0.4, 0.5) is 4.79 Å². The van der Waals surface area contributed by atoms with E-state index in [1.54, 1.807) is 32.1 Å². The number of rotatable bonds is 28. The zero-order chi connectivity index (χ0) is 50.6. The van der Waals surface area contributed by atoms with Gasteiger partial charge in [0.05, 0.1) is 87.2 Å². The van der Waals surface area contributed by atoms with Crippen LogP contribution in [0, 0.1) is 12.3 Å². The van der Waals surface area contributed by atoms with Crippen molar-refractivity contribution >= 4 is 41.1 Å². The second kappa shape index (κ2) is 28.0. The number of aliphatic hydroxyl groups is 1. The largest absolute Gasteiger partial charge is 0.444 e. The molecule has 0 radical (unpaired) electrons. The number of nitrogens with zero attached hydrogens (tertiary/aromatic N) is 2. The molecule has 382 valence electrons. The van der Waals surface area contributed by atoms with Gasteiger partial charge in [-0.1, -0.05) is 69.3 Å². The summed E-state index contributed by atoms with van der Waals surface area (Å²) in [5.41, 5.74) is 10.7. The molecule has 0 bridgehead atoms. The summed E-state index contributed by atoms with van der Waals surface area (Å²) in [6.45, 7) is 17.3. The van der Waals surface area contributed by atoms with E-state index < -0.39 is 65.2 Å². The molecular weight excluding hydrogens is 909 g/mol. The van der Waals surface area contributed by atoms with E-state index in [4.69, 9.17) is 34.2 Å². The van der Waals surface area contributed by atoms with E-state index in [1.165, 1.54) is 4.90 Å². The summed E-state index contributed by atoms with van der Waals surface area (Å²) < 4.78 is 33.8. The molecule has 19 heteroatoms. The van der Waals surface area contributed by atoms with Gasteiger partial charge in [-0.3, -0.25) is 19.2 Å². The van der Waals surface area contributed by atoms with Gasteiger partial charge < -0.3 is 60.1 Å². The van der Waals surface area contributed by atoms with E-state index in [-0.39, 0.29) is 51.7 Å². The monoisotopic (exact) mass is 983 g/mol. The van der Waals surface area contributed by atoms with Gasteiger partial charge >= 0.3 is 6.09 Å². The van der Waals surface area contributed by atoms with E-state index in [0.717, 1.165) is 39.2 Å². The van der Waals surface area contributed by atoms with Crippen LogP contribution in [0.5, 0.6) is 0 Å². The highest BCUT2D eigenvalue weighted by molar-refractivity contribution is 7.13. The van der Waals surface area contributed by atoms with E-state index in [1.807, 2.05) is 88.7 Å². The summed E-state index contributed by atoms with van der Waals surface area (Å²) in [4.78, 5) is 70.8. The number of nitrogens with one attached hydrogen (secondary N) is 3. The van der Waals surface area contributed by atoms with Crippen molar-refractivity contribution in [3.63, 3.8) is 0 Å². The summed E-state index contributed by atoms with van der Waals surface area (Å²) in [6.07, 6.45) is -0.615. The molecule has 1 fully saturated rings.